The minimum atomic E-state index is -0.490. The van der Waals surface area contributed by atoms with Crippen molar-refractivity contribution in [2.75, 3.05) is 16.0 Å². The molecule has 1 unspecified atom stereocenters. The molecule has 5 rings (SSSR count). The highest BCUT2D eigenvalue weighted by atomic mass is 32.2. The molecule has 3 aromatic rings. The summed E-state index contributed by atoms with van der Waals surface area (Å²) in [4.78, 5) is 28.9. The highest BCUT2D eigenvalue weighted by Crippen LogP contribution is 2.52. The zero-order valence-electron chi connectivity index (χ0n) is 23.0. The number of nitriles is 1. The lowest BCUT2D eigenvalue weighted by Gasteiger charge is -2.42. The monoisotopic (exact) mass is 590 g/mol. The summed E-state index contributed by atoms with van der Waals surface area (Å²) in [5.74, 6) is -0.181. The van der Waals surface area contributed by atoms with Gasteiger partial charge >= 0.3 is 0 Å². The minimum Gasteiger partial charge on any atom is -0.384 e. The number of hydrogen-bond acceptors (Lipinski definition) is 10. The molecule has 1 atom stereocenters. The van der Waals surface area contributed by atoms with Gasteiger partial charge < -0.3 is 11.1 Å². The van der Waals surface area contributed by atoms with Gasteiger partial charge in [0.15, 0.2) is 10.1 Å². The average Bonchev–Trinajstić information content (AvgIpc) is 3.52. The summed E-state index contributed by atoms with van der Waals surface area (Å²) in [6, 6.07) is 10.1. The number of allylic oxidation sites excluding steroid dienone is 3. The molecule has 0 saturated heterocycles. The Kier molecular flexibility index (Phi) is 7.61. The third kappa shape index (κ3) is 5.31. The van der Waals surface area contributed by atoms with E-state index in [9.17, 15) is 14.9 Å². The number of ketones is 1. The van der Waals surface area contributed by atoms with Gasteiger partial charge in [0.25, 0.3) is 0 Å². The van der Waals surface area contributed by atoms with E-state index in [1.807, 2.05) is 50.4 Å². The molecule has 1 amide bonds. The number of nitrogens with two attached hydrogens (primary N) is 1. The minimum absolute atomic E-state index is 0.0245. The van der Waals surface area contributed by atoms with Crippen LogP contribution in [-0.4, -0.2) is 27.6 Å². The van der Waals surface area contributed by atoms with Gasteiger partial charge in [-0.3, -0.25) is 14.5 Å². The molecule has 1 aliphatic heterocycles. The lowest BCUT2D eigenvalue weighted by Crippen LogP contribution is -2.42. The second-order valence-corrected chi connectivity index (χ2v) is 14.1. The molecule has 40 heavy (non-hydrogen) atoms. The van der Waals surface area contributed by atoms with E-state index in [0.717, 1.165) is 33.0 Å². The Hall–Kier alpha value is -3.46. The maximum atomic E-state index is 13.6. The van der Waals surface area contributed by atoms with Crippen molar-refractivity contribution >= 4 is 56.9 Å². The van der Waals surface area contributed by atoms with Crippen LogP contribution < -0.4 is 16.0 Å². The Morgan fingerprint density at radius 3 is 2.65 bits per heavy atom. The average molecular weight is 591 g/mol. The second-order valence-electron chi connectivity index (χ2n) is 10.9. The van der Waals surface area contributed by atoms with Gasteiger partial charge in [0.05, 0.1) is 23.3 Å². The highest BCUT2D eigenvalue weighted by molar-refractivity contribution is 8.01. The summed E-state index contributed by atoms with van der Waals surface area (Å²) in [6.07, 6.45) is 1.00. The molecule has 0 spiro atoms. The number of amides is 1. The van der Waals surface area contributed by atoms with Crippen molar-refractivity contribution in [2.24, 2.45) is 11.1 Å². The Bertz CT molecular complexity index is 1620. The quantitative estimate of drug-likeness (QED) is 0.325. The third-order valence-corrected chi connectivity index (χ3v) is 10.4. The van der Waals surface area contributed by atoms with Crippen LogP contribution in [0, 0.1) is 37.5 Å². The van der Waals surface area contributed by atoms with Crippen LogP contribution in [0.4, 0.5) is 10.8 Å². The fourth-order valence-corrected chi connectivity index (χ4v) is 7.89. The molecular formula is C29H30N6O2S3. The van der Waals surface area contributed by atoms with E-state index >= 15 is 0 Å². The molecule has 0 saturated carbocycles. The smallest absolute Gasteiger partial charge is 0.234 e. The fourth-order valence-electron chi connectivity index (χ4n) is 5.16. The molecule has 0 fully saturated rings. The van der Waals surface area contributed by atoms with E-state index in [4.69, 9.17) is 5.73 Å². The van der Waals surface area contributed by atoms with Crippen LogP contribution in [-0.2, 0) is 9.59 Å². The molecule has 3 N–H and O–H groups in total. The van der Waals surface area contributed by atoms with E-state index in [-0.39, 0.29) is 28.7 Å². The first kappa shape index (κ1) is 28.1. The number of carbonyl (C=O) groups excluding carboxylic acids is 2. The van der Waals surface area contributed by atoms with Gasteiger partial charge in [0, 0.05) is 28.3 Å². The van der Waals surface area contributed by atoms with Crippen LogP contribution in [0.25, 0.3) is 0 Å². The van der Waals surface area contributed by atoms with E-state index < -0.39 is 5.92 Å². The van der Waals surface area contributed by atoms with Gasteiger partial charge in [-0.05, 0) is 72.9 Å². The van der Waals surface area contributed by atoms with Gasteiger partial charge in [0.1, 0.15) is 5.82 Å². The molecule has 2 aromatic heterocycles. The molecule has 1 aromatic carbocycles. The zero-order valence-corrected chi connectivity index (χ0v) is 25.4. The number of aromatic nitrogens is 2. The number of carbonyl (C=O) groups is 2. The Morgan fingerprint density at radius 1 is 1.20 bits per heavy atom. The van der Waals surface area contributed by atoms with Gasteiger partial charge in [-0.1, -0.05) is 43.0 Å². The summed E-state index contributed by atoms with van der Waals surface area (Å²) in [7, 11) is 0. The van der Waals surface area contributed by atoms with Crippen LogP contribution in [0.1, 0.15) is 54.2 Å². The number of anilines is 2. The Balaban J connectivity index is 1.44. The van der Waals surface area contributed by atoms with Crippen LogP contribution in [0.3, 0.4) is 0 Å². The number of Topliss-reactive ketones (excluding diaryl/α,β-unsaturated/α-hetero) is 1. The number of nitrogens with one attached hydrogen (secondary N) is 1. The molecule has 8 nitrogen and oxygen atoms in total. The van der Waals surface area contributed by atoms with E-state index in [1.54, 1.807) is 4.90 Å². The Labute approximate surface area is 246 Å². The van der Waals surface area contributed by atoms with E-state index in [1.165, 1.54) is 34.4 Å². The number of rotatable bonds is 6. The molecule has 2 aliphatic rings. The maximum absolute atomic E-state index is 13.6. The van der Waals surface area contributed by atoms with E-state index in [0.29, 0.717) is 33.5 Å². The van der Waals surface area contributed by atoms with Crippen molar-refractivity contribution in [3.05, 3.63) is 73.9 Å². The molecule has 3 heterocycles. The second kappa shape index (κ2) is 10.8. The molecular weight excluding hydrogens is 561 g/mol. The normalized spacial score (nSPS) is 18.6. The maximum Gasteiger partial charge on any atom is 0.234 e. The molecule has 11 heteroatoms. The van der Waals surface area contributed by atoms with Gasteiger partial charge in [-0.2, -0.15) is 5.26 Å². The Morgan fingerprint density at radius 2 is 1.98 bits per heavy atom. The first-order chi connectivity index (χ1) is 19.0. The van der Waals surface area contributed by atoms with Gasteiger partial charge in [0.2, 0.25) is 11.0 Å². The topological polar surface area (TPSA) is 125 Å². The first-order valence-corrected chi connectivity index (χ1v) is 15.5. The third-order valence-electron chi connectivity index (χ3n) is 7.25. The van der Waals surface area contributed by atoms with E-state index in [2.05, 4.69) is 35.4 Å². The lowest BCUT2D eigenvalue weighted by molar-refractivity contribution is -0.118. The van der Waals surface area contributed by atoms with Crippen molar-refractivity contribution in [3.63, 3.8) is 0 Å². The highest BCUT2D eigenvalue weighted by Gasteiger charge is 2.46. The van der Waals surface area contributed by atoms with Crippen molar-refractivity contribution in [3.8, 4) is 6.07 Å². The molecule has 206 valence electrons. The number of nitrogens with zero attached hydrogens (tertiary/aromatic N) is 4. The summed E-state index contributed by atoms with van der Waals surface area (Å²) in [6.45, 7) is 10.2. The summed E-state index contributed by atoms with van der Waals surface area (Å²) in [5, 5.41) is 24.3. The largest absolute Gasteiger partial charge is 0.384 e. The fraction of sp³-hybridized carbons (Fsp3) is 0.345. The van der Waals surface area contributed by atoms with Crippen molar-refractivity contribution < 1.29 is 9.59 Å². The van der Waals surface area contributed by atoms with Crippen LogP contribution in [0.15, 0.2) is 56.6 Å². The summed E-state index contributed by atoms with van der Waals surface area (Å²) < 4.78 is 0.594. The molecule has 1 aliphatic carbocycles. The predicted molar refractivity (Wildman–Crippen MR) is 161 cm³/mol. The number of hydrogen-bond donors (Lipinski definition) is 2. The van der Waals surface area contributed by atoms with Crippen LogP contribution in [0.5, 0.6) is 0 Å². The number of benzene rings is 1. The van der Waals surface area contributed by atoms with Crippen LogP contribution in [0.2, 0.25) is 0 Å². The molecule has 0 bridgehead atoms. The van der Waals surface area contributed by atoms with Crippen molar-refractivity contribution in [1.82, 2.24) is 10.2 Å². The SMILES string of the molecule is Cc1ccc(NC(=O)CSc2nnc(N3C(N)=C(C#N)C(c4sccc4C)C4=C3CC(C)(C)CC4=O)s2)cc1C. The van der Waals surface area contributed by atoms with Crippen LogP contribution >= 0.6 is 34.4 Å². The lowest BCUT2D eigenvalue weighted by atomic mass is 9.69. The number of thioether (sulfide) groups is 1. The van der Waals surface area contributed by atoms with Gasteiger partial charge in [-0.25, -0.2) is 0 Å². The van der Waals surface area contributed by atoms with Crippen molar-refractivity contribution in [1.29, 1.82) is 5.26 Å². The number of thiophene rings is 1. The summed E-state index contributed by atoms with van der Waals surface area (Å²) in [5.41, 5.74) is 12.2. The zero-order chi connectivity index (χ0) is 28.8. The molecule has 0 radical (unpaired) electrons. The summed E-state index contributed by atoms with van der Waals surface area (Å²) >= 11 is 4.10. The number of aryl methyl sites for hydroxylation is 3. The standard InChI is InChI=1S/C29H30N6O2S3/c1-15-6-7-18(10-17(15)3)32-22(37)14-39-28-34-33-27(40-28)35-20-11-29(4,5)12-21(36)24(20)23(19(13-30)26(35)31)25-16(2)8-9-38-25/h6-10,23H,11-12,14,31H2,1-5H3,(H,32,37). The van der Waals surface area contributed by atoms with Crippen molar-refractivity contribution in [2.45, 2.75) is 57.7 Å². The first-order valence-electron chi connectivity index (χ1n) is 12.8. The van der Waals surface area contributed by atoms with Gasteiger partial charge in [-0.15, -0.1) is 21.5 Å². The predicted octanol–water partition coefficient (Wildman–Crippen LogP) is 6.20.